The molecule has 0 aliphatic heterocycles. The van der Waals surface area contributed by atoms with Crippen LogP contribution < -0.4 is 16.6 Å². The summed E-state index contributed by atoms with van der Waals surface area (Å²) in [5.41, 5.74) is 2.08. The Hall–Kier alpha value is -3.59. The zero-order valence-corrected chi connectivity index (χ0v) is 17.6. The van der Waals surface area contributed by atoms with Crippen molar-refractivity contribution in [3.8, 4) is 0 Å². The number of nitrogens with zero attached hydrogens (tertiary/aromatic N) is 2. The molecule has 31 heavy (non-hydrogen) atoms. The molecule has 0 bridgehead atoms. The number of thioether (sulfide) groups is 1. The highest BCUT2D eigenvalue weighted by Crippen LogP contribution is 2.26. The predicted octanol–water partition coefficient (Wildman–Crippen LogP) is 3.17. The lowest BCUT2D eigenvalue weighted by Crippen LogP contribution is -2.18. The zero-order valence-electron chi connectivity index (χ0n) is 16.8. The van der Waals surface area contributed by atoms with Crippen molar-refractivity contribution in [1.29, 1.82) is 0 Å². The molecular weight excluding hydrogens is 416 g/mol. The summed E-state index contributed by atoms with van der Waals surface area (Å²) in [6.07, 6.45) is 0.706. The third-order valence-corrected chi connectivity index (χ3v) is 5.72. The molecule has 2 heterocycles. The first kappa shape index (κ1) is 20.7. The SMILES string of the molecule is CC(=O)Nc1ccc2c(CSc3n[nH]c(=O)n3CCc3ccccc3)cc(=O)oc2c1. The number of carbonyl (C=O) groups is 1. The number of aromatic nitrogens is 3. The predicted molar refractivity (Wildman–Crippen MR) is 119 cm³/mol. The zero-order chi connectivity index (χ0) is 21.8. The Kier molecular flexibility index (Phi) is 6.03. The number of carbonyl (C=O) groups excluding carboxylic acids is 1. The maximum atomic E-state index is 12.2. The number of hydrogen-bond acceptors (Lipinski definition) is 6. The number of nitrogens with one attached hydrogen (secondary N) is 2. The number of anilines is 1. The van der Waals surface area contributed by atoms with Crippen LogP contribution in [0.4, 0.5) is 5.69 Å². The second kappa shape index (κ2) is 9.05. The van der Waals surface area contributed by atoms with E-state index < -0.39 is 5.63 Å². The molecule has 0 unspecified atom stereocenters. The molecule has 0 aliphatic carbocycles. The molecule has 4 aromatic rings. The van der Waals surface area contributed by atoms with Gasteiger partial charge in [-0.2, -0.15) is 0 Å². The number of aromatic amines is 1. The van der Waals surface area contributed by atoms with Crippen LogP contribution in [-0.2, 0) is 23.5 Å². The summed E-state index contributed by atoms with van der Waals surface area (Å²) < 4.78 is 6.90. The maximum Gasteiger partial charge on any atom is 0.343 e. The van der Waals surface area contributed by atoms with E-state index in [0.29, 0.717) is 35.1 Å². The van der Waals surface area contributed by atoms with Gasteiger partial charge in [0.25, 0.3) is 0 Å². The van der Waals surface area contributed by atoms with Crippen LogP contribution in [0.25, 0.3) is 11.0 Å². The minimum atomic E-state index is -0.480. The third-order valence-electron chi connectivity index (χ3n) is 4.70. The number of rotatable bonds is 7. The van der Waals surface area contributed by atoms with Gasteiger partial charge in [-0.15, -0.1) is 5.10 Å². The fraction of sp³-hybridized carbons (Fsp3) is 0.182. The molecule has 2 aromatic carbocycles. The van der Waals surface area contributed by atoms with E-state index in [2.05, 4.69) is 15.5 Å². The van der Waals surface area contributed by atoms with Crippen molar-refractivity contribution >= 4 is 34.3 Å². The topological polar surface area (TPSA) is 110 Å². The van der Waals surface area contributed by atoms with Gasteiger partial charge in [-0.25, -0.2) is 14.7 Å². The minimum Gasteiger partial charge on any atom is -0.423 e. The average molecular weight is 436 g/mol. The normalized spacial score (nSPS) is 11.0. The first-order valence-corrected chi connectivity index (χ1v) is 10.6. The molecule has 0 aliphatic rings. The first-order chi connectivity index (χ1) is 15.0. The molecule has 2 N–H and O–H groups in total. The van der Waals surface area contributed by atoms with E-state index in [0.717, 1.165) is 16.5 Å². The van der Waals surface area contributed by atoms with Gasteiger partial charge in [-0.05, 0) is 29.7 Å². The van der Waals surface area contributed by atoms with Gasteiger partial charge in [-0.1, -0.05) is 42.1 Å². The van der Waals surface area contributed by atoms with E-state index in [1.807, 2.05) is 30.3 Å². The molecule has 2 aromatic heterocycles. The standard InChI is InChI=1S/C22H20N4O4S/c1-14(27)23-17-7-8-18-16(11-20(28)30-19(18)12-17)13-31-22-25-24-21(29)26(22)10-9-15-5-3-2-4-6-15/h2-8,11-12H,9-10,13H2,1H3,(H,23,27)(H,24,29). The van der Waals surface area contributed by atoms with Crippen LogP contribution in [0, 0.1) is 0 Å². The Balaban J connectivity index is 1.55. The van der Waals surface area contributed by atoms with Gasteiger partial charge >= 0.3 is 11.3 Å². The monoisotopic (exact) mass is 436 g/mol. The van der Waals surface area contributed by atoms with Crippen LogP contribution in [0.3, 0.4) is 0 Å². The number of amides is 1. The Labute approximate surface area is 181 Å². The molecule has 0 radical (unpaired) electrons. The highest BCUT2D eigenvalue weighted by Gasteiger charge is 2.12. The van der Waals surface area contributed by atoms with Gasteiger partial charge in [0.15, 0.2) is 5.16 Å². The lowest BCUT2D eigenvalue weighted by atomic mass is 10.1. The molecule has 1 amide bonds. The fourth-order valence-electron chi connectivity index (χ4n) is 3.27. The summed E-state index contributed by atoms with van der Waals surface area (Å²) in [5, 5.41) is 10.6. The molecule has 4 rings (SSSR count). The summed E-state index contributed by atoms with van der Waals surface area (Å²) in [6.45, 7) is 1.91. The number of H-pyrrole nitrogens is 1. The highest BCUT2D eigenvalue weighted by molar-refractivity contribution is 7.98. The largest absolute Gasteiger partial charge is 0.423 e. The Morgan fingerprint density at radius 2 is 1.97 bits per heavy atom. The molecule has 9 heteroatoms. The molecule has 0 fully saturated rings. The van der Waals surface area contributed by atoms with Crippen LogP contribution >= 0.6 is 11.8 Å². The summed E-state index contributed by atoms with van der Waals surface area (Å²) in [7, 11) is 0. The summed E-state index contributed by atoms with van der Waals surface area (Å²) in [5.74, 6) is 0.220. The van der Waals surface area contributed by atoms with Crippen LogP contribution in [0.2, 0.25) is 0 Å². The second-order valence-corrected chi connectivity index (χ2v) is 7.91. The highest BCUT2D eigenvalue weighted by atomic mass is 32.2. The first-order valence-electron chi connectivity index (χ1n) is 9.66. The van der Waals surface area contributed by atoms with Gasteiger partial charge in [0, 0.05) is 42.4 Å². The lowest BCUT2D eigenvalue weighted by molar-refractivity contribution is -0.114. The van der Waals surface area contributed by atoms with Crippen molar-refractivity contribution in [3.05, 3.63) is 86.6 Å². The van der Waals surface area contributed by atoms with Gasteiger partial charge in [0.05, 0.1) is 0 Å². The third kappa shape index (κ3) is 4.95. The van der Waals surface area contributed by atoms with E-state index in [9.17, 15) is 14.4 Å². The molecule has 158 valence electrons. The number of hydrogen-bond donors (Lipinski definition) is 2. The maximum absolute atomic E-state index is 12.2. The summed E-state index contributed by atoms with van der Waals surface area (Å²) >= 11 is 1.36. The van der Waals surface area contributed by atoms with Crippen molar-refractivity contribution in [3.63, 3.8) is 0 Å². The van der Waals surface area contributed by atoms with Gasteiger partial charge in [-0.3, -0.25) is 9.36 Å². The van der Waals surface area contributed by atoms with Crippen LogP contribution in [-0.4, -0.2) is 20.7 Å². The van der Waals surface area contributed by atoms with E-state index in [4.69, 9.17) is 4.42 Å². The second-order valence-electron chi connectivity index (χ2n) is 6.97. The quantitative estimate of drug-likeness (QED) is 0.340. The summed E-state index contributed by atoms with van der Waals surface area (Å²) in [6, 6.07) is 16.5. The summed E-state index contributed by atoms with van der Waals surface area (Å²) in [4.78, 5) is 35.5. The Morgan fingerprint density at radius 3 is 2.74 bits per heavy atom. The lowest BCUT2D eigenvalue weighted by Gasteiger charge is -2.08. The van der Waals surface area contributed by atoms with E-state index >= 15 is 0 Å². The molecule has 0 saturated carbocycles. The van der Waals surface area contributed by atoms with Crippen LogP contribution in [0.1, 0.15) is 18.1 Å². The van der Waals surface area contributed by atoms with Crippen molar-refractivity contribution in [2.75, 3.05) is 5.32 Å². The van der Waals surface area contributed by atoms with Crippen molar-refractivity contribution in [2.45, 2.75) is 30.8 Å². The number of aryl methyl sites for hydroxylation is 1. The van der Waals surface area contributed by atoms with Crippen molar-refractivity contribution < 1.29 is 9.21 Å². The number of benzene rings is 2. The van der Waals surface area contributed by atoms with Gasteiger partial charge in [0.1, 0.15) is 5.58 Å². The molecule has 8 nitrogen and oxygen atoms in total. The molecular formula is C22H20N4O4S. The molecule has 0 spiro atoms. The average Bonchev–Trinajstić information content (AvgIpc) is 3.09. The van der Waals surface area contributed by atoms with Crippen molar-refractivity contribution in [2.24, 2.45) is 0 Å². The van der Waals surface area contributed by atoms with E-state index in [1.165, 1.54) is 24.8 Å². The smallest absolute Gasteiger partial charge is 0.343 e. The minimum absolute atomic E-state index is 0.208. The van der Waals surface area contributed by atoms with Gasteiger partial charge < -0.3 is 9.73 Å². The Bertz CT molecular complexity index is 1340. The fourth-order valence-corrected chi connectivity index (χ4v) is 4.23. The van der Waals surface area contributed by atoms with E-state index in [1.54, 1.807) is 22.8 Å². The van der Waals surface area contributed by atoms with Crippen LogP contribution in [0.5, 0.6) is 0 Å². The van der Waals surface area contributed by atoms with Gasteiger partial charge in [0.2, 0.25) is 5.91 Å². The Morgan fingerprint density at radius 1 is 1.16 bits per heavy atom. The van der Waals surface area contributed by atoms with E-state index in [-0.39, 0.29) is 11.6 Å². The molecule has 0 atom stereocenters. The number of fused-ring (bicyclic) bond motifs is 1. The van der Waals surface area contributed by atoms with Crippen LogP contribution in [0.15, 0.2) is 73.8 Å². The van der Waals surface area contributed by atoms with Crippen molar-refractivity contribution in [1.82, 2.24) is 14.8 Å². The molecule has 0 saturated heterocycles.